The molecule has 0 bridgehead atoms. The Balaban J connectivity index is 1.67. The van der Waals surface area contributed by atoms with Crippen molar-refractivity contribution < 1.29 is 23.8 Å². The molecule has 1 heterocycles. The summed E-state index contributed by atoms with van der Waals surface area (Å²) in [5, 5.41) is 10.8. The molecule has 28 heavy (non-hydrogen) atoms. The summed E-state index contributed by atoms with van der Waals surface area (Å²) in [6.45, 7) is 1.09. The van der Waals surface area contributed by atoms with Gasteiger partial charge in [-0.2, -0.15) is 0 Å². The zero-order valence-electron chi connectivity index (χ0n) is 14.8. The van der Waals surface area contributed by atoms with Gasteiger partial charge in [-0.3, -0.25) is 14.6 Å². The Bertz CT molecular complexity index is 874. The predicted octanol–water partition coefficient (Wildman–Crippen LogP) is 3.73. The molecule has 3 amide bonds. The minimum absolute atomic E-state index is 0.213. The number of rotatable bonds is 6. The second-order valence-corrected chi connectivity index (χ2v) is 7.08. The summed E-state index contributed by atoms with van der Waals surface area (Å²) in [5.74, 6) is -0.702. The number of urea groups is 1. The van der Waals surface area contributed by atoms with E-state index in [1.807, 2.05) is 0 Å². The topological polar surface area (TPSA) is 70.1 Å². The first-order chi connectivity index (χ1) is 13.3. The molecule has 2 aromatic carbocycles. The van der Waals surface area contributed by atoms with Crippen molar-refractivity contribution >= 4 is 40.8 Å². The van der Waals surface area contributed by atoms with E-state index in [-0.39, 0.29) is 28.9 Å². The van der Waals surface area contributed by atoms with Gasteiger partial charge in [0.2, 0.25) is 0 Å². The number of benzene rings is 2. The fourth-order valence-electron chi connectivity index (χ4n) is 2.89. The number of carbonyl (C=O) groups excluding carboxylic acids is 2. The van der Waals surface area contributed by atoms with Gasteiger partial charge in [0.15, 0.2) is 5.75 Å². The summed E-state index contributed by atoms with van der Waals surface area (Å²) < 4.78 is 18.6. The van der Waals surface area contributed by atoms with Crippen LogP contribution in [0.15, 0.2) is 42.5 Å². The van der Waals surface area contributed by atoms with E-state index < -0.39 is 29.9 Å². The van der Waals surface area contributed by atoms with Crippen molar-refractivity contribution in [3.63, 3.8) is 0 Å². The second kappa shape index (κ2) is 8.34. The number of β-amino-alcohol motifs (C(OH)–C–C–N with tert-alkyl or cyclic N) is 1. The lowest BCUT2D eigenvalue weighted by atomic mass is 10.2. The van der Waals surface area contributed by atoms with Crippen molar-refractivity contribution in [1.29, 1.82) is 0 Å². The summed E-state index contributed by atoms with van der Waals surface area (Å²) in [4.78, 5) is 27.3. The van der Waals surface area contributed by atoms with Crippen molar-refractivity contribution in [2.45, 2.75) is 19.1 Å². The van der Waals surface area contributed by atoms with Crippen molar-refractivity contribution in [1.82, 2.24) is 4.90 Å². The van der Waals surface area contributed by atoms with Crippen molar-refractivity contribution in [2.24, 2.45) is 0 Å². The fraction of sp³-hybridized carbons (Fsp3) is 0.263. The maximum Gasteiger partial charge on any atom is 0.332 e. The molecule has 6 nitrogen and oxygen atoms in total. The van der Waals surface area contributed by atoms with E-state index in [0.717, 1.165) is 4.90 Å². The number of amides is 3. The minimum atomic E-state index is -1.15. The van der Waals surface area contributed by atoms with Crippen LogP contribution in [0.1, 0.15) is 6.92 Å². The highest BCUT2D eigenvalue weighted by atomic mass is 35.5. The number of carbonyl (C=O) groups is 2. The molecule has 3 rings (SSSR count). The van der Waals surface area contributed by atoms with Gasteiger partial charge in [-0.15, -0.1) is 0 Å². The first-order valence-electron chi connectivity index (χ1n) is 8.44. The van der Waals surface area contributed by atoms with E-state index in [4.69, 9.17) is 27.9 Å². The lowest BCUT2D eigenvalue weighted by molar-refractivity contribution is -0.128. The number of hydrogen-bond acceptors (Lipinski definition) is 4. The van der Waals surface area contributed by atoms with Crippen LogP contribution >= 0.6 is 23.2 Å². The standard InChI is InChI=1S/C19H17Cl2FN2O4/c1-11-18(26)23(19(27)24(11)13-7-5-12(22)6-8-13)9-14(25)10-28-17-15(20)3-2-4-16(17)21/h2-8,11,14,25H,9-10H2,1H3. The Morgan fingerprint density at radius 2 is 1.75 bits per heavy atom. The Kier molecular flexibility index (Phi) is 6.07. The lowest BCUT2D eigenvalue weighted by Crippen LogP contribution is -2.40. The zero-order chi connectivity index (χ0) is 20.4. The van der Waals surface area contributed by atoms with Gasteiger partial charge in [0.05, 0.1) is 16.6 Å². The largest absolute Gasteiger partial charge is 0.488 e. The summed E-state index contributed by atoms with van der Waals surface area (Å²) in [6.07, 6.45) is -1.15. The smallest absolute Gasteiger partial charge is 0.332 e. The highest BCUT2D eigenvalue weighted by Crippen LogP contribution is 2.32. The lowest BCUT2D eigenvalue weighted by Gasteiger charge is -2.21. The molecule has 2 aromatic rings. The van der Waals surface area contributed by atoms with Gasteiger partial charge in [0.25, 0.3) is 5.91 Å². The summed E-state index contributed by atoms with van der Waals surface area (Å²) in [7, 11) is 0. The first-order valence-corrected chi connectivity index (χ1v) is 9.20. The number of halogens is 3. The van der Waals surface area contributed by atoms with Crippen LogP contribution in [0.4, 0.5) is 14.9 Å². The van der Waals surface area contributed by atoms with Crippen LogP contribution in [0.2, 0.25) is 10.0 Å². The van der Waals surface area contributed by atoms with E-state index in [9.17, 15) is 19.1 Å². The molecule has 0 saturated carbocycles. The van der Waals surface area contributed by atoms with Crippen LogP contribution < -0.4 is 9.64 Å². The summed E-state index contributed by atoms with van der Waals surface area (Å²) in [6, 6.07) is 8.70. The second-order valence-electron chi connectivity index (χ2n) is 6.27. The molecule has 0 aromatic heterocycles. The first kappa shape index (κ1) is 20.4. The number of para-hydroxylation sites is 1. The molecule has 1 aliphatic rings. The van der Waals surface area contributed by atoms with Crippen LogP contribution in [0.25, 0.3) is 0 Å². The van der Waals surface area contributed by atoms with Crippen molar-refractivity contribution in [3.8, 4) is 5.75 Å². The summed E-state index contributed by atoms with van der Waals surface area (Å²) in [5.41, 5.74) is 0.392. The number of ether oxygens (including phenoxy) is 1. The number of aliphatic hydroxyl groups excluding tert-OH is 1. The fourth-order valence-corrected chi connectivity index (χ4v) is 3.40. The van der Waals surface area contributed by atoms with E-state index >= 15 is 0 Å². The van der Waals surface area contributed by atoms with Gasteiger partial charge in [0, 0.05) is 5.69 Å². The molecule has 2 atom stereocenters. The quantitative estimate of drug-likeness (QED) is 0.714. The maximum atomic E-state index is 13.1. The molecule has 1 fully saturated rings. The van der Waals surface area contributed by atoms with Gasteiger partial charge in [-0.25, -0.2) is 9.18 Å². The molecule has 0 radical (unpaired) electrons. The average Bonchev–Trinajstić information content (AvgIpc) is 2.86. The molecular formula is C19H17Cl2FN2O4. The van der Waals surface area contributed by atoms with Gasteiger partial charge in [0.1, 0.15) is 24.6 Å². The molecule has 1 N–H and O–H groups in total. The molecule has 9 heteroatoms. The molecule has 1 saturated heterocycles. The highest BCUT2D eigenvalue weighted by Gasteiger charge is 2.43. The number of hydrogen-bond donors (Lipinski definition) is 1. The number of aliphatic hydroxyl groups is 1. The van der Waals surface area contributed by atoms with E-state index in [1.54, 1.807) is 25.1 Å². The van der Waals surface area contributed by atoms with Gasteiger partial charge < -0.3 is 9.84 Å². The van der Waals surface area contributed by atoms with Crippen molar-refractivity contribution in [2.75, 3.05) is 18.1 Å². The molecular weight excluding hydrogens is 410 g/mol. The number of anilines is 1. The van der Waals surface area contributed by atoms with E-state index in [2.05, 4.69) is 0 Å². The van der Waals surface area contributed by atoms with E-state index in [1.165, 1.54) is 29.2 Å². The van der Waals surface area contributed by atoms with Crippen LogP contribution in [0.5, 0.6) is 5.75 Å². The monoisotopic (exact) mass is 426 g/mol. The Morgan fingerprint density at radius 3 is 2.36 bits per heavy atom. The third-order valence-corrected chi connectivity index (χ3v) is 4.88. The van der Waals surface area contributed by atoms with Gasteiger partial charge >= 0.3 is 6.03 Å². The molecule has 0 spiro atoms. The molecule has 148 valence electrons. The van der Waals surface area contributed by atoms with Crippen LogP contribution in [0.3, 0.4) is 0 Å². The van der Waals surface area contributed by atoms with Crippen LogP contribution in [0, 0.1) is 5.82 Å². The number of imide groups is 1. The van der Waals surface area contributed by atoms with E-state index in [0.29, 0.717) is 5.69 Å². The number of nitrogens with zero attached hydrogens (tertiary/aromatic N) is 2. The maximum absolute atomic E-state index is 13.1. The zero-order valence-corrected chi connectivity index (χ0v) is 16.3. The SMILES string of the molecule is CC1C(=O)N(CC(O)COc2c(Cl)cccc2Cl)C(=O)N1c1ccc(F)cc1. The molecule has 0 aliphatic carbocycles. The Labute approximate surface area is 171 Å². The normalized spacial score (nSPS) is 18.0. The summed E-state index contributed by atoms with van der Waals surface area (Å²) >= 11 is 12.0. The predicted molar refractivity (Wildman–Crippen MR) is 103 cm³/mol. The minimum Gasteiger partial charge on any atom is -0.488 e. The third kappa shape index (κ3) is 4.06. The van der Waals surface area contributed by atoms with Gasteiger partial charge in [-0.1, -0.05) is 29.3 Å². The van der Waals surface area contributed by atoms with Crippen LogP contribution in [-0.2, 0) is 4.79 Å². The molecule has 2 unspecified atom stereocenters. The van der Waals surface area contributed by atoms with Gasteiger partial charge in [-0.05, 0) is 43.3 Å². The Hall–Kier alpha value is -2.35. The average molecular weight is 427 g/mol. The Morgan fingerprint density at radius 1 is 1.14 bits per heavy atom. The third-order valence-electron chi connectivity index (χ3n) is 4.28. The highest BCUT2D eigenvalue weighted by molar-refractivity contribution is 6.37. The van der Waals surface area contributed by atoms with Crippen molar-refractivity contribution in [3.05, 3.63) is 58.3 Å². The van der Waals surface area contributed by atoms with Crippen LogP contribution in [-0.4, -0.2) is 47.2 Å². The molecule has 1 aliphatic heterocycles.